The van der Waals surface area contributed by atoms with Crippen LogP contribution in [0.2, 0.25) is 0 Å². The molecule has 0 saturated carbocycles. The van der Waals surface area contributed by atoms with Crippen LogP contribution in [0.25, 0.3) is 11.0 Å². The number of rotatable bonds is 4. The standard InChI is InChI=1S/C24H23N5O3S/c30-24(25-18-9-3-1-4-10-18)28-15-16-29(33(31,32)19-11-5-2-6-12-19)22(17-28)23-26-20-13-7-8-14-21(20)27-23/h1-14,22H,15-17H2,(H,25,30)(H,26,27). The fourth-order valence-corrected chi connectivity index (χ4v) is 5.64. The zero-order chi connectivity index (χ0) is 22.8. The highest BCUT2D eigenvalue weighted by Crippen LogP contribution is 2.31. The van der Waals surface area contributed by atoms with Crippen molar-refractivity contribution in [3.05, 3.63) is 90.8 Å². The first-order chi connectivity index (χ1) is 16.0. The van der Waals surface area contributed by atoms with E-state index in [0.29, 0.717) is 11.5 Å². The van der Waals surface area contributed by atoms with Crippen molar-refractivity contribution in [2.75, 3.05) is 25.0 Å². The molecule has 1 aliphatic rings. The number of hydrogen-bond donors (Lipinski definition) is 2. The molecule has 9 heteroatoms. The van der Waals surface area contributed by atoms with Crippen molar-refractivity contribution in [1.29, 1.82) is 0 Å². The van der Waals surface area contributed by atoms with E-state index in [2.05, 4.69) is 15.3 Å². The molecule has 3 aromatic carbocycles. The number of hydrogen-bond acceptors (Lipinski definition) is 4. The number of aromatic amines is 1. The molecular weight excluding hydrogens is 438 g/mol. The molecule has 0 aliphatic carbocycles. The van der Waals surface area contributed by atoms with Gasteiger partial charge in [0.05, 0.1) is 15.9 Å². The predicted molar refractivity (Wildman–Crippen MR) is 126 cm³/mol. The Morgan fingerprint density at radius 2 is 1.58 bits per heavy atom. The Hall–Kier alpha value is -3.69. The SMILES string of the molecule is O=C(Nc1ccccc1)N1CCN(S(=O)(=O)c2ccccc2)C(c2nc3ccccc3[nH]2)C1. The molecule has 1 fully saturated rings. The highest BCUT2D eigenvalue weighted by atomic mass is 32.2. The summed E-state index contributed by atoms with van der Waals surface area (Å²) in [5, 5.41) is 2.88. The van der Waals surface area contributed by atoms with Crippen LogP contribution in [0, 0.1) is 0 Å². The van der Waals surface area contributed by atoms with Crippen molar-refractivity contribution in [1.82, 2.24) is 19.2 Å². The van der Waals surface area contributed by atoms with Gasteiger partial charge in [-0.1, -0.05) is 48.5 Å². The first kappa shape index (κ1) is 21.2. The molecule has 2 amide bonds. The molecule has 1 atom stereocenters. The van der Waals surface area contributed by atoms with Crippen LogP contribution in [-0.2, 0) is 10.0 Å². The van der Waals surface area contributed by atoms with Gasteiger partial charge in [-0.25, -0.2) is 18.2 Å². The molecule has 8 nitrogen and oxygen atoms in total. The third-order valence-electron chi connectivity index (χ3n) is 5.72. The summed E-state index contributed by atoms with van der Waals surface area (Å²) in [4.78, 5) is 22.7. The van der Waals surface area contributed by atoms with Crippen molar-refractivity contribution in [2.24, 2.45) is 0 Å². The van der Waals surface area contributed by atoms with Crippen LogP contribution in [0.3, 0.4) is 0 Å². The van der Waals surface area contributed by atoms with E-state index in [9.17, 15) is 13.2 Å². The highest BCUT2D eigenvalue weighted by Gasteiger charge is 2.40. The zero-order valence-corrected chi connectivity index (χ0v) is 18.6. The van der Waals surface area contributed by atoms with E-state index in [1.54, 1.807) is 35.2 Å². The summed E-state index contributed by atoms with van der Waals surface area (Å²) in [5.41, 5.74) is 2.24. The fourth-order valence-electron chi connectivity index (χ4n) is 4.04. The molecule has 0 spiro atoms. The molecule has 1 unspecified atom stereocenters. The lowest BCUT2D eigenvalue weighted by atomic mass is 10.2. The minimum atomic E-state index is -3.79. The second-order valence-corrected chi connectivity index (χ2v) is 9.72. The van der Waals surface area contributed by atoms with E-state index in [-0.39, 0.29) is 30.6 Å². The number of sulfonamides is 1. The summed E-state index contributed by atoms with van der Waals surface area (Å²) in [7, 11) is -3.79. The van der Waals surface area contributed by atoms with E-state index in [0.717, 1.165) is 11.0 Å². The molecular formula is C24H23N5O3S. The lowest BCUT2D eigenvalue weighted by Gasteiger charge is -2.39. The van der Waals surface area contributed by atoms with Gasteiger partial charge in [0.2, 0.25) is 10.0 Å². The van der Waals surface area contributed by atoms with E-state index in [1.807, 2.05) is 54.6 Å². The third-order valence-corrected chi connectivity index (χ3v) is 7.64. The van der Waals surface area contributed by atoms with E-state index < -0.39 is 16.1 Å². The van der Waals surface area contributed by atoms with Crippen LogP contribution in [0.1, 0.15) is 11.9 Å². The number of anilines is 1. The van der Waals surface area contributed by atoms with Crippen molar-refractivity contribution >= 4 is 32.8 Å². The third kappa shape index (κ3) is 4.20. The summed E-state index contributed by atoms with van der Waals surface area (Å²) >= 11 is 0. The van der Waals surface area contributed by atoms with Gasteiger partial charge in [0.15, 0.2) is 0 Å². The van der Waals surface area contributed by atoms with E-state index in [4.69, 9.17) is 0 Å². The van der Waals surface area contributed by atoms with Crippen LogP contribution in [0.15, 0.2) is 89.8 Å². The van der Waals surface area contributed by atoms with Gasteiger partial charge in [0.25, 0.3) is 0 Å². The highest BCUT2D eigenvalue weighted by molar-refractivity contribution is 7.89. The molecule has 0 radical (unpaired) electrons. The number of urea groups is 1. The van der Waals surface area contributed by atoms with Crippen molar-refractivity contribution in [3.8, 4) is 0 Å². The zero-order valence-electron chi connectivity index (χ0n) is 17.8. The molecule has 1 aromatic heterocycles. The van der Waals surface area contributed by atoms with Crippen molar-refractivity contribution in [3.63, 3.8) is 0 Å². The number of amides is 2. The van der Waals surface area contributed by atoms with Gasteiger partial charge in [0, 0.05) is 25.3 Å². The number of H-pyrrole nitrogens is 1. The van der Waals surface area contributed by atoms with Crippen LogP contribution in [-0.4, -0.2) is 53.3 Å². The molecule has 2 N–H and O–H groups in total. The monoisotopic (exact) mass is 461 g/mol. The van der Waals surface area contributed by atoms with E-state index in [1.165, 1.54) is 4.31 Å². The first-order valence-corrected chi connectivity index (χ1v) is 12.1. The Morgan fingerprint density at radius 1 is 0.909 bits per heavy atom. The summed E-state index contributed by atoms with van der Waals surface area (Å²) in [6.07, 6.45) is 0. The molecule has 4 aromatic rings. The Labute approximate surface area is 191 Å². The fraction of sp³-hybridized carbons (Fsp3) is 0.167. The number of nitrogens with one attached hydrogen (secondary N) is 2. The molecule has 5 rings (SSSR count). The van der Waals surface area contributed by atoms with Gasteiger partial charge in [-0.2, -0.15) is 4.31 Å². The van der Waals surface area contributed by atoms with Gasteiger partial charge in [-0.05, 0) is 36.4 Å². The lowest BCUT2D eigenvalue weighted by Crippen LogP contribution is -2.53. The number of fused-ring (bicyclic) bond motifs is 1. The number of piperazine rings is 1. The molecule has 0 bridgehead atoms. The molecule has 1 saturated heterocycles. The molecule has 168 valence electrons. The number of para-hydroxylation sites is 3. The Kier molecular flexibility index (Phi) is 5.57. The minimum absolute atomic E-state index is 0.154. The van der Waals surface area contributed by atoms with Crippen LogP contribution in [0.4, 0.5) is 10.5 Å². The van der Waals surface area contributed by atoms with Gasteiger partial charge in [0.1, 0.15) is 11.9 Å². The summed E-state index contributed by atoms with van der Waals surface area (Å²) in [6.45, 7) is 0.590. The van der Waals surface area contributed by atoms with Gasteiger partial charge >= 0.3 is 6.03 Å². The minimum Gasteiger partial charge on any atom is -0.341 e. The van der Waals surface area contributed by atoms with Gasteiger partial charge in [-0.15, -0.1) is 0 Å². The molecule has 33 heavy (non-hydrogen) atoms. The van der Waals surface area contributed by atoms with Gasteiger partial charge < -0.3 is 15.2 Å². The number of nitrogens with zero attached hydrogens (tertiary/aromatic N) is 3. The number of carbonyl (C=O) groups excluding carboxylic acids is 1. The van der Waals surface area contributed by atoms with Crippen molar-refractivity contribution in [2.45, 2.75) is 10.9 Å². The summed E-state index contributed by atoms with van der Waals surface area (Å²) < 4.78 is 28.5. The Bertz CT molecular complexity index is 1340. The maximum absolute atomic E-state index is 13.5. The normalized spacial score (nSPS) is 17.2. The molecule has 2 heterocycles. The maximum Gasteiger partial charge on any atom is 0.321 e. The second-order valence-electron chi connectivity index (χ2n) is 7.83. The number of carbonyl (C=O) groups is 1. The van der Waals surface area contributed by atoms with Crippen LogP contribution in [0.5, 0.6) is 0 Å². The summed E-state index contributed by atoms with van der Waals surface area (Å²) in [6, 6.07) is 24.1. The lowest BCUT2D eigenvalue weighted by molar-refractivity contribution is 0.147. The molecule has 1 aliphatic heterocycles. The Balaban J connectivity index is 1.48. The van der Waals surface area contributed by atoms with Crippen LogP contribution >= 0.6 is 0 Å². The predicted octanol–water partition coefficient (Wildman–Crippen LogP) is 3.84. The topological polar surface area (TPSA) is 98.4 Å². The maximum atomic E-state index is 13.5. The average Bonchev–Trinajstić information content (AvgIpc) is 3.29. The summed E-state index contributed by atoms with van der Waals surface area (Å²) in [5.74, 6) is 0.507. The van der Waals surface area contributed by atoms with Crippen molar-refractivity contribution < 1.29 is 13.2 Å². The smallest absolute Gasteiger partial charge is 0.321 e. The van der Waals surface area contributed by atoms with Crippen LogP contribution < -0.4 is 5.32 Å². The number of aromatic nitrogens is 2. The number of imidazole rings is 1. The largest absolute Gasteiger partial charge is 0.341 e. The second kappa shape index (κ2) is 8.68. The van der Waals surface area contributed by atoms with E-state index >= 15 is 0 Å². The first-order valence-electron chi connectivity index (χ1n) is 10.6. The Morgan fingerprint density at radius 3 is 2.30 bits per heavy atom. The quantitative estimate of drug-likeness (QED) is 0.482. The average molecular weight is 462 g/mol. The number of benzene rings is 3. The van der Waals surface area contributed by atoms with Gasteiger partial charge in [-0.3, -0.25) is 0 Å².